The molecule has 0 heterocycles. The lowest BCUT2D eigenvalue weighted by Crippen LogP contribution is -2.28. The average molecular weight is 564 g/mol. The monoisotopic (exact) mass is 563 g/mol. The van der Waals surface area contributed by atoms with Crippen LogP contribution in [0.15, 0.2) is 24.3 Å². The van der Waals surface area contributed by atoms with E-state index in [0.29, 0.717) is 12.8 Å². The van der Waals surface area contributed by atoms with Gasteiger partial charge >= 0.3 is 11.9 Å². The van der Waals surface area contributed by atoms with Gasteiger partial charge in [-0.05, 0) is 51.0 Å². The van der Waals surface area contributed by atoms with Crippen molar-refractivity contribution in [2.75, 3.05) is 6.54 Å². The molecule has 0 aliphatic heterocycles. The third-order valence-corrected chi connectivity index (χ3v) is 7.11. The van der Waals surface area contributed by atoms with Crippen molar-refractivity contribution in [3.63, 3.8) is 0 Å². The van der Waals surface area contributed by atoms with Gasteiger partial charge in [0.2, 0.25) is 5.91 Å². The van der Waals surface area contributed by atoms with Crippen LogP contribution in [0.25, 0.3) is 0 Å². The minimum Gasteiger partial charge on any atom is -0.480 e. The van der Waals surface area contributed by atoms with Crippen LogP contribution >= 0.6 is 0 Å². The summed E-state index contributed by atoms with van der Waals surface area (Å²) in [6.45, 7) is 4.15. The molecule has 0 rings (SSSR count). The highest BCUT2D eigenvalue weighted by Crippen LogP contribution is 2.15. The highest BCUT2D eigenvalue weighted by atomic mass is 16.5. The fraction of sp³-hybridized carbons (Fsp3) is 0.794. The summed E-state index contributed by atoms with van der Waals surface area (Å²) in [5.74, 6) is -1.35. The minimum atomic E-state index is -1.03. The molecular formula is C34H61NO5. The molecule has 0 saturated heterocycles. The Bertz CT molecular complexity index is 673. The molecule has 0 aliphatic carbocycles. The van der Waals surface area contributed by atoms with Crippen molar-refractivity contribution in [2.24, 2.45) is 0 Å². The number of carbonyl (C=O) groups is 3. The van der Waals surface area contributed by atoms with E-state index in [9.17, 15) is 14.4 Å². The van der Waals surface area contributed by atoms with Gasteiger partial charge in [-0.25, -0.2) is 0 Å². The Balaban J connectivity index is 4.29. The van der Waals surface area contributed by atoms with Gasteiger partial charge in [-0.15, -0.1) is 0 Å². The van der Waals surface area contributed by atoms with Crippen LogP contribution < -0.4 is 5.32 Å². The van der Waals surface area contributed by atoms with Gasteiger partial charge in [-0.1, -0.05) is 122 Å². The largest absolute Gasteiger partial charge is 0.480 e. The maximum atomic E-state index is 12.5. The molecule has 2 N–H and O–H groups in total. The molecule has 40 heavy (non-hydrogen) atoms. The molecule has 0 aliphatic rings. The smallest absolute Gasteiger partial charge is 0.322 e. The molecule has 1 amide bonds. The minimum absolute atomic E-state index is 0.101. The number of rotatable bonds is 29. The number of ether oxygens (including phenoxy) is 1. The normalized spacial score (nSPS) is 12.2. The van der Waals surface area contributed by atoms with Crippen LogP contribution in [0.2, 0.25) is 0 Å². The summed E-state index contributed by atoms with van der Waals surface area (Å²) in [5, 5.41) is 11.0. The van der Waals surface area contributed by atoms with Crippen molar-refractivity contribution in [3.05, 3.63) is 24.3 Å². The van der Waals surface area contributed by atoms with Crippen LogP contribution in [-0.4, -0.2) is 35.6 Å². The first-order valence-electron chi connectivity index (χ1n) is 16.5. The van der Waals surface area contributed by atoms with Gasteiger partial charge in [0.1, 0.15) is 12.6 Å². The number of nitrogens with one attached hydrogen (secondary N) is 1. The molecule has 0 fully saturated rings. The second kappa shape index (κ2) is 29.9. The second-order valence-electron chi connectivity index (χ2n) is 11.1. The summed E-state index contributed by atoms with van der Waals surface area (Å²) >= 11 is 0. The van der Waals surface area contributed by atoms with Crippen molar-refractivity contribution < 1.29 is 24.2 Å². The zero-order valence-corrected chi connectivity index (χ0v) is 25.9. The highest BCUT2D eigenvalue weighted by molar-refractivity contribution is 5.80. The fourth-order valence-corrected chi connectivity index (χ4v) is 4.64. The molecule has 0 bridgehead atoms. The summed E-state index contributed by atoms with van der Waals surface area (Å²) in [6.07, 6.45) is 33.0. The number of carboxylic acids is 1. The van der Waals surface area contributed by atoms with Crippen molar-refractivity contribution in [3.8, 4) is 0 Å². The molecule has 232 valence electrons. The van der Waals surface area contributed by atoms with E-state index in [1.807, 2.05) is 6.08 Å². The van der Waals surface area contributed by atoms with E-state index in [2.05, 4.69) is 37.4 Å². The number of carbonyl (C=O) groups excluding carboxylic acids is 2. The lowest BCUT2D eigenvalue weighted by molar-refractivity contribution is -0.147. The lowest BCUT2D eigenvalue weighted by atomic mass is 10.1. The maximum Gasteiger partial charge on any atom is 0.322 e. The Morgan fingerprint density at radius 2 is 1.23 bits per heavy atom. The topological polar surface area (TPSA) is 92.7 Å². The van der Waals surface area contributed by atoms with Crippen molar-refractivity contribution >= 4 is 17.8 Å². The number of carboxylic acid groups (broad SMARTS) is 1. The number of unbranched alkanes of at least 4 members (excludes halogenated alkanes) is 16. The number of hydrogen-bond acceptors (Lipinski definition) is 4. The van der Waals surface area contributed by atoms with Gasteiger partial charge in [0.15, 0.2) is 0 Å². The molecule has 0 aromatic heterocycles. The van der Waals surface area contributed by atoms with Gasteiger partial charge in [-0.2, -0.15) is 0 Å². The van der Waals surface area contributed by atoms with E-state index in [4.69, 9.17) is 9.84 Å². The SMILES string of the molecule is CCCCCC/C=C\C/C=C\C(CCCCCCC(=O)NCC(=O)O)OC(=O)CCCCCCCCCCCC. The first kappa shape index (κ1) is 37.9. The Hall–Kier alpha value is -2.11. The zero-order chi connectivity index (χ0) is 29.5. The van der Waals surface area contributed by atoms with Gasteiger partial charge in [0.05, 0.1) is 0 Å². The summed E-state index contributed by atoms with van der Waals surface area (Å²) in [5.41, 5.74) is 0. The zero-order valence-electron chi connectivity index (χ0n) is 25.9. The maximum absolute atomic E-state index is 12.5. The molecule has 6 heteroatoms. The molecule has 0 aromatic rings. The van der Waals surface area contributed by atoms with Crippen molar-refractivity contribution in [1.82, 2.24) is 5.32 Å². The van der Waals surface area contributed by atoms with Gasteiger partial charge in [0, 0.05) is 12.8 Å². The molecule has 0 saturated carbocycles. The molecule has 6 nitrogen and oxygen atoms in total. The van der Waals surface area contributed by atoms with Crippen LogP contribution in [0.4, 0.5) is 0 Å². The average Bonchev–Trinajstić information content (AvgIpc) is 2.93. The van der Waals surface area contributed by atoms with E-state index < -0.39 is 5.97 Å². The van der Waals surface area contributed by atoms with E-state index in [1.165, 1.54) is 77.0 Å². The fourth-order valence-electron chi connectivity index (χ4n) is 4.64. The third kappa shape index (κ3) is 28.9. The van der Waals surface area contributed by atoms with Crippen molar-refractivity contribution in [1.29, 1.82) is 0 Å². The molecule has 1 atom stereocenters. The number of amides is 1. The Kier molecular flexibility index (Phi) is 28.3. The summed E-state index contributed by atoms with van der Waals surface area (Å²) in [6, 6.07) is 0. The van der Waals surface area contributed by atoms with Crippen LogP contribution in [0.1, 0.15) is 162 Å². The summed E-state index contributed by atoms with van der Waals surface area (Å²) in [7, 11) is 0. The highest BCUT2D eigenvalue weighted by Gasteiger charge is 2.11. The quantitative estimate of drug-likeness (QED) is 0.0537. The summed E-state index contributed by atoms with van der Waals surface area (Å²) < 4.78 is 5.83. The van der Waals surface area contributed by atoms with E-state index >= 15 is 0 Å². The van der Waals surface area contributed by atoms with Crippen LogP contribution in [0.3, 0.4) is 0 Å². The standard InChI is InChI=1S/C34H61NO5/c1-3-5-7-9-11-13-15-17-19-25-29-34(39)40-31(26-22-18-16-14-12-10-8-6-4-2)27-23-20-21-24-28-32(36)35-30-33(37)38/h14,16,22,26,31H,3-13,15,17-21,23-25,27-30H2,1-2H3,(H,35,36)(H,37,38)/b16-14-,26-22-. The predicted molar refractivity (Wildman–Crippen MR) is 166 cm³/mol. The number of hydrogen-bond donors (Lipinski definition) is 2. The summed E-state index contributed by atoms with van der Waals surface area (Å²) in [4.78, 5) is 34.7. The first-order valence-corrected chi connectivity index (χ1v) is 16.5. The Morgan fingerprint density at radius 1 is 0.675 bits per heavy atom. The predicted octanol–water partition coefficient (Wildman–Crippen LogP) is 9.22. The number of allylic oxidation sites excluding steroid dienone is 3. The molecule has 1 unspecified atom stereocenters. The van der Waals surface area contributed by atoms with Gasteiger partial charge in [-0.3, -0.25) is 14.4 Å². The third-order valence-electron chi connectivity index (χ3n) is 7.11. The lowest BCUT2D eigenvalue weighted by Gasteiger charge is -2.14. The molecule has 0 spiro atoms. The number of esters is 1. The second-order valence-corrected chi connectivity index (χ2v) is 11.1. The van der Waals surface area contributed by atoms with E-state index in [1.54, 1.807) is 0 Å². The number of aliphatic carboxylic acids is 1. The van der Waals surface area contributed by atoms with Crippen molar-refractivity contribution in [2.45, 2.75) is 168 Å². The van der Waals surface area contributed by atoms with Crippen LogP contribution in [-0.2, 0) is 19.1 Å². The molecule has 0 aromatic carbocycles. The van der Waals surface area contributed by atoms with E-state index in [-0.39, 0.29) is 24.5 Å². The molecular weight excluding hydrogens is 502 g/mol. The van der Waals surface area contributed by atoms with Crippen LogP contribution in [0.5, 0.6) is 0 Å². The van der Waals surface area contributed by atoms with Gasteiger partial charge < -0.3 is 15.2 Å². The Labute approximate surface area is 245 Å². The van der Waals surface area contributed by atoms with Gasteiger partial charge in [0.25, 0.3) is 0 Å². The van der Waals surface area contributed by atoms with E-state index in [0.717, 1.165) is 57.8 Å². The Morgan fingerprint density at radius 3 is 1.85 bits per heavy atom. The van der Waals surface area contributed by atoms with Crippen LogP contribution in [0, 0.1) is 0 Å². The molecule has 0 radical (unpaired) electrons. The first-order chi connectivity index (χ1) is 19.5.